The van der Waals surface area contributed by atoms with Crippen LogP contribution < -0.4 is 5.32 Å². The maximum absolute atomic E-state index is 13.1. The van der Waals surface area contributed by atoms with E-state index in [1.807, 2.05) is 26.0 Å². The Kier molecular flexibility index (Phi) is 7.92. The van der Waals surface area contributed by atoms with E-state index in [0.29, 0.717) is 18.8 Å². The summed E-state index contributed by atoms with van der Waals surface area (Å²) in [6.45, 7) is 4.17. The van der Waals surface area contributed by atoms with E-state index in [4.69, 9.17) is 16.3 Å². The molecule has 2 aromatic rings. The van der Waals surface area contributed by atoms with Crippen molar-refractivity contribution in [2.24, 2.45) is 0 Å². The zero-order valence-electron chi connectivity index (χ0n) is 18.2. The number of ether oxygens (including phenoxy) is 1. The van der Waals surface area contributed by atoms with Gasteiger partial charge in [-0.15, -0.1) is 0 Å². The van der Waals surface area contributed by atoms with Crippen molar-refractivity contribution in [2.75, 3.05) is 25.0 Å². The van der Waals surface area contributed by atoms with Gasteiger partial charge in [0, 0.05) is 18.8 Å². The summed E-state index contributed by atoms with van der Waals surface area (Å²) in [6.07, 6.45) is 3.54. The molecule has 0 spiro atoms. The Bertz CT molecular complexity index is 1110. The molecule has 1 N–H and O–H groups in total. The second kappa shape index (κ2) is 10.5. The Labute approximate surface area is 193 Å². The number of halogens is 1. The van der Waals surface area contributed by atoms with Crippen LogP contribution in [-0.2, 0) is 19.6 Å². The predicted octanol–water partition coefficient (Wildman–Crippen LogP) is 4.32. The zero-order chi connectivity index (χ0) is 23.3. The highest BCUT2D eigenvalue weighted by molar-refractivity contribution is 7.89. The Morgan fingerprint density at radius 2 is 1.72 bits per heavy atom. The summed E-state index contributed by atoms with van der Waals surface area (Å²) in [5, 5.41) is 2.74. The summed E-state index contributed by atoms with van der Waals surface area (Å²) in [5.74, 6) is -1.29. The monoisotopic (exact) mass is 478 g/mol. The zero-order valence-corrected chi connectivity index (χ0v) is 19.8. The van der Waals surface area contributed by atoms with Gasteiger partial charge in [-0.3, -0.25) is 4.79 Å². The van der Waals surface area contributed by atoms with Gasteiger partial charge in [0.1, 0.15) is 4.90 Å². The van der Waals surface area contributed by atoms with Gasteiger partial charge in [-0.1, -0.05) is 42.1 Å². The van der Waals surface area contributed by atoms with Crippen molar-refractivity contribution in [3.8, 4) is 0 Å². The molecule has 0 aliphatic carbocycles. The van der Waals surface area contributed by atoms with Crippen LogP contribution in [0.1, 0.15) is 47.2 Å². The van der Waals surface area contributed by atoms with Crippen molar-refractivity contribution in [3.63, 3.8) is 0 Å². The molecule has 0 saturated carbocycles. The van der Waals surface area contributed by atoms with Gasteiger partial charge in [0.05, 0.1) is 10.6 Å². The summed E-state index contributed by atoms with van der Waals surface area (Å²) in [5.41, 5.74) is 2.61. The van der Waals surface area contributed by atoms with Crippen LogP contribution in [0.3, 0.4) is 0 Å². The maximum Gasteiger partial charge on any atom is 0.338 e. The number of carbonyl (C=O) groups is 2. The third-order valence-corrected chi connectivity index (χ3v) is 7.72. The minimum atomic E-state index is -3.84. The van der Waals surface area contributed by atoms with Gasteiger partial charge in [-0.25, -0.2) is 13.2 Å². The number of hydrogen-bond acceptors (Lipinski definition) is 5. The van der Waals surface area contributed by atoms with Crippen LogP contribution in [-0.4, -0.2) is 44.3 Å². The van der Waals surface area contributed by atoms with Crippen LogP contribution in [0.5, 0.6) is 0 Å². The van der Waals surface area contributed by atoms with Crippen molar-refractivity contribution < 1.29 is 22.7 Å². The summed E-state index contributed by atoms with van der Waals surface area (Å²) in [6, 6.07) is 9.54. The van der Waals surface area contributed by atoms with E-state index in [0.717, 1.165) is 36.8 Å². The lowest BCUT2D eigenvalue weighted by atomic mass is 10.1. The highest BCUT2D eigenvalue weighted by Gasteiger charge is 2.28. The van der Waals surface area contributed by atoms with Crippen LogP contribution in [0, 0.1) is 13.8 Å². The largest absolute Gasteiger partial charge is 0.452 e. The number of carbonyl (C=O) groups excluding carboxylic acids is 2. The van der Waals surface area contributed by atoms with E-state index in [2.05, 4.69) is 5.32 Å². The standard InChI is InChI=1S/C23H27ClN2O5S/c1-16-7-10-20(17(2)13-16)25-22(27)15-31-23(28)18-8-9-19(24)21(14-18)32(29,30)26-11-5-3-4-6-12-26/h7-10,13-14H,3-6,11-12,15H2,1-2H3,(H,25,27). The van der Waals surface area contributed by atoms with Crippen molar-refractivity contribution >= 4 is 39.2 Å². The summed E-state index contributed by atoms with van der Waals surface area (Å²) < 4.78 is 32.7. The summed E-state index contributed by atoms with van der Waals surface area (Å²) >= 11 is 6.17. The molecule has 0 unspecified atom stereocenters. The Morgan fingerprint density at radius 3 is 2.38 bits per heavy atom. The first-order valence-corrected chi connectivity index (χ1v) is 12.3. The van der Waals surface area contributed by atoms with Crippen LogP contribution >= 0.6 is 11.6 Å². The van der Waals surface area contributed by atoms with Gasteiger partial charge in [0.25, 0.3) is 5.91 Å². The lowest BCUT2D eigenvalue weighted by Crippen LogP contribution is -2.32. The molecule has 0 radical (unpaired) electrons. The molecule has 1 aliphatic rings. The number of aryl methyl sites for hydroxylation is 2. The molecular weight excluding hydrogens is 452 g/mol. The number of esters is 1. The molecule has 1 aliphatic heterocycles. The van der Waals surface area contributed by atoms with Crippen molar-refractivity contribution in [1.82, 2.24) is 4.31 Å². The third-order valence-electron chi connectivity index (χ3n) is 5.34. The highest BCUT2D eigenvalue weighted by Crippen LogP contribution is 2.28. The smallest absolute Gasteiger partial charge is 0.338 e. The number of amides is 1. The van der Waals surface area contributed by atoms with E-state index in [-0.39, 0.29) is 15.5 Å². The molecule has 172 valence electrons. The molecule has 1 amide bonds. The third kappa shape index (κ3) is 5.88. The predicted molar refractivity (Wildman–Crippen MR) is 124 cm³/mol. The number of anilines is 1. The lowest BCUT2D eigenvalue weighted by Gasteiger charge is -2.21. The van der Waals surface area contributed by atoms with Crippen molar-refractivity contribution in [2.45, 2.75) is 44.4 Å². The first-order valence-electron chi connectivity index (χ1n) is 10.5. The minimum absolute atomic E-state index is 0.0158. The SMILES string of the molecule is Cc1ccc(NC(=O)COC(=O)c2ccc(Cl)c(S(=O)(=O)N3CCCCCC3)c2)c(C)c1. The number of rotatable bonds is 6. The highest BCUT2D eigenvalue weighted by atomic mass is 35.5. The molecular formula is C23H27ClN2O5S. The molecule has 1 heterocycles. The number of nitrogens with zero attached hydrogens (tertiary/aromatic N) is 1. The number of hydrogen-bond donors (Lipinski definition) is 1. The summed E-state index contributed by atoms with van der Waals surface area (Å²) in [4.78, 5) is 24.5. The Hall–Kier alpha value is -2.42. The Balaban J connectivity index is 1.68. The van der Waals surface area contributed by atoms with E-state index >= 15 is 0 Å². The van der Waals surface area contributed by atoms with Crippen LogP contribution in [0.25, 0.3) is 0 Å². The van der Waals surface area contributed by atoms with Gasteiger partial charge in [0.15, 0.2) is 6.61 Å². The maximum atomic E-state index is 13.1. The van der Waals surface area contributed by atoms with Crippen LogP contribution in [0.4, 0.5) is 5.69 Å². The van der Waals surface area contributed by atoms with Crippen LogP contribution in [0.15, 0.2) is 41.3 Å². The van der Waals surface area contributed by atoms with Gasteiger partial charge >= 0.3 is 5.97 Å². The fourth-order valence-corrected chi connectivity index (χ4v) is 5.62. The molecule has 9 heteroatoms. The fourth-order valence-electron chi connectivity index (χ4n) is 3.60. The minimum Gasteiger partial charge on any atom is -0.452 e. The molecule has 0 aromatic heterocycles. The van der Waals surface area contributed by atoms with Crippen LogP contribution in [0.2, 0.25) is 5.02 Å². The van der Waals surface area contributed by atoms with Crippen molar-refractivity contribution in [1.29, 1.82) is 0 Å². The van der Waals surface area contributed by atoms with Crippen molar-refractivity contribution in [3.05, 3.63) is 58.1 Å². The molecule has 7 nitrogen and oxygen atoms in total. The van der Waals surface area contributed by atoms with E-state index in [1.165, 1.54) is 22.5 Å². The second-order valence-electron chi connectivity index (χ2n) is 7.91. The quantitative estimate of drug-likeness (QED) is 0.624. The molecule has 0 bridgehead atoms. The number of sulfonamides is 1. The van der Waals surface area contributed by atoms with Gasteiger partial charge in [-0.2, -0.15) is 4.31 Å². The normalized spacial score (nSPS) is 15.1. The number of nitrogens with one attached hydrogen (secondary N) is 1. The lowest BCUT2D eigenvalue weighted by molar-refractivity contribution is -0.119. The average Bonchev–Trinajstić information content (AvgIpc) is 3.04. The van der Waals surface area contributed by atoms with Gasteiger partial charge < -0.3 is 10.1 Å². The fraction of sp³-hybridized carbons (Fsp3) is 0.391. The van der Waals surface area contributed by atoms with Gasteiger partial charge in [-0.05, 0) is 56.5 Å². The van der Waals surface area contributed by atoms with E-state index in [1.54, 1.807) is 6.07 Å². The topological polar surface area (TPSA) is 92.8 Å². The second-order valence-corrected chi connectivity index (χ2v) is 10.2. The van der Waals surface area contributed by atoms with E-state index < -0.39 is 28.5 Å². The molecule has 0 atom stereocenters. The van der Waals surface area contributed by atoms with Gasteiger partial charge in [0.2, 0.25) is 10.0 Å². The Morgan fingerprint density at radius 1 is 1.03 bits per heavy atom. The molecule has 2 aromatic carbocycles. The number of benzene rings is 2. The summed E-state index contributed by atoms with van der Waals surface area (Å²) in [7, 11) is -3.84. The molecule has 1 fully saturated rings. The molecule has 1 saturated heterocycles. The average molecular weight is 479 g/mol. The molecule has 32 heavy (non-hydrogen) atoms. The first kappa shape index (κ1) is 24.2. The van der Waals surface area contributed by atoms with E-state index in [9.17, 15) is 18.0 Å². The first-order chi connectivity index (χ1) is 15.2. The molecule has 3 rings (SSSR count).